The summed E-state index contributed by atoms with van der Waals surface area (Å²) in [7, 11) is 0. The molecule has 0 saturated heterocycles. The van der Waals surface area contributed by atoms with Crippen molar-refractivity contribution in [3.05, 3.63) is 29.8 Å². The zero-order valence-electron chi connectivity index (χ0n) is 13.0. The van der Waals surface area contributed by atoms with Crippen LogP contribution in [0.2, 0.25) is 0 Å². The fourth-order valence-electron chi connectivity index (χ4n) is 1.89. The van der Waals surface area contributed by atoms with E-state index in [1.807, 2.05) is 13.0 Å². The number of hydrogen-bond donors (Lipinski definition) is 1. The minimum absolute atomic E-state index is 0.256. The molecular formula is C15H21N5O2. The van der Waals surface area contributed by atoms with Crippen LogP contribution in [-0.2, 0) is 6.54 Å². The number of amides is 1. The molecule has 0 aliphatic rings. The van der Waals surface area contributed by atoms with Crippen molar-refractivity contribution in [3.63, 3.8) is 0 Å². The first-order valence-corrected chi connectivity index (χ1v) is 7.55. The Morgan fingerprint density at radius 3 is 2.95 bits per heavy atom. The second-order valence-electron chi connectivity index (χ2n) is 4.91. The van der Waals surface area contributed by atoms with Crippen LogP contribution in [0.25, 0.3) is 0 Å². The highest BCUT2D eigenvalue weighted by molar-refractivity contribution is 6.03. The Hall–Kier alpha value is -2.44. The van der Waals surface area contributed by atoms with Crippen LogP contribution >= 0.6 is 0 Å². The Balaban J connectivity index is 2.02. The van der Waals surface area contributed by atoms with Crippen LogP contribution < -0.4 is 10.1 Å². The van der Waals surface area contributed by atoms with E-state index in [1.165, 1.54) is 0 Å². The van der Waals surface area contributed by atoms with E-state index >= 15 is 0 Å². The van der Waals surface area contributed by atoms with Crippen LogP contribution in [0.1, 0.15) is 43.5 Å². The molecule has 1 N–H and O–H groups in total. The number of benzene rings is 1. The molecular weight excluding hydrogens is 282 g/mol. The maximum Gasteiger partial charge on any atom is 0.258 e. The van der Waals surface area contributed by atoms with Gasteiger partial charge in [0.15, 0.2) is 0 Å². The summed E-state index contributed by atoms with van der Waals surface area (Å²) in [5.41, 5.74) is 0.514. The van der Waals surface area contributed by atoms with Gasteiger partial charge in [-0.1, -0.05) is 31.4 Å². The Labute approximate surface area is 129 Å². The van der Waals surface area contributed by atoms with Gasteiger partial charge in [-0.3, -0.25) is 10.1 Å². The second-order valence-corrected chi connectivity index (χ2v) is 4.91. The molecule has 0 spiro atoms. The standard InChI is InChI=1S/C15H21N5O2/c1-3-5-10-22-13-8-6-7-12(11-13)14(21)16-15-17-18-19-20(15)9-4-2/h6-8,11H,3-5,9-10H2,1-2H3,(H,16,17,19,21). The van der Waals surface area contributed by atoms with Gasteiger partial charge < -0.3 is 4.74 Å². The number of aromatic nitrogens is 4. The fraction of sp³-hybridized carbons (Fsp3) is 0.467. The first-order chi connectivity index (χ1) is 10.7. The average Bonchev–Trinajstić information content (AvgIpc) is 2.95. The lowest BCUT2D eigenvalue weighted by atomic mass is 10.2. The summed E-state index contributed by atoms with van der Waals surface area (Å²) < 4.78 is 7.18. The molecule has 0 fully saturated rings. The van der Waals surface area contributed by atoms with E-state index in [1.54, 1.807) is 22.9 Å². The van der Waals surface area contributed by atoms with Gasteiger partial charge in [-0.15, -0.1) is 0 Å². The Kier molecular flexibility index (Phi) is 5.88. The van der Waals surface area contributed by atoms with E-state index in [-0.39, 0.29) is 5.91 Å². The van der Waals surface area contributed by atoms with E-state index in [0.717, 1.165) is 19.3 Å². The third-order valence-electron chi connectivity index (χ3n) is 3.06. The Bertz CT molecular complexity index is 611. The van der Waals surface area contributed by atoms with Crippen molar-refractivity contribution in [3.8, 4) is 5.75 Å². The van der Waals surface area contributed by atoms with Crippen LogP contribution in [0.4, 0.5) is 5.95 Å². The van der Waals surface area contributed by atoms with Crippen LogP contribution in [-0.4, -0.2) is 32.7 Å². The summed E-state index contributed by atoms with van der Waals surface area (Å²) in [4.78, 5) is 12.3. The van der Waals surface area contributed by atoms with Crippen molar-refractivity contribution in [2.45, 2.75) is 39.7 Å². The van der Waals surface area contributed by atoms with Crippen LogP contribution in [0.3, 0.4) is 0 Å². The molecule has 7 nitrogen and oxygen atoms in total. The van der Waals surface area contributed by atoms with Crippen LogP contribution in [0.5, 0.6) is 5.75 Å². The van der Waals surface area contributed by atoms with E-state index in [4.69, 9.17) is 4.74 Å². The molecule has 0 radical (unpaired) electrons. The predicted octanol–water partition coefficient (Wildman–Crippen LogP) is 2.51. The topological polar surface area (TPSA) is 81.9 Å². The van der Waals surface area contributed by atoms with E-state index in [2.05, 4.69) is 27.8 Å². The minimum atomic E-state index is -0.256. The summed E-state index contributed by atoms with van der Waals surface area (Å²) in [5.74, 6) is 0.784. The molecule has 0 unspecified atom stereocenters. The highest BCUT2D eigenvalue weighted by atomic mass is 16.5. The first kappa shape index (κ1) is 15.9. The van der Waals surface area contributed by atoms with E-state index < -0.39 is 0 Å². The third-order valence-corrected chi connectivity index (χ3v) is 3.06. The second kappa shape index (κ2) is 8.11. The molecule has 2 rings (SSSR count). The fourth-order valence-corrected chi connectivity index (χ4v) is 1.89. The Morgan fingerprint density at radius 2 is 2.18 bits per heavy atom. The van der Waals surface area contributed by atoms with Crippen molar-refractivity contribution in [1.82, 2.24) is 20.2 Å². The highest BCUT2D eigenvalue weighted by Gasteiger charge is 2.12. The largest absolute Gasteiger partial charge is 0.494 e. The predicted molar refractivity (Wildman–Crippen MR) is 82.9 cm³/mol. The van der Waals surface area contributed by atoms with Gasteiger partial charge in [-0.25, -0.2) is 4.68 Å². The molecule has 1 amide bonds. The molecule has 7 heteroatoms. The van der Waals surface area contributed by atoms with Gasteiger partial charge in [-0.2, -0.15) is 0 Å². The lowest BCUT2D eigenvalue weighted by Gasteiger charge is -2.08. The van der Waals surface area contributed by atoms with Crippen molar-refractivity contribution < 1.29 is 9.53 Å². The number of anilines is 1. The van der Waals surface area contributed by atoms with Crippen LogP contribution in [0, 0.1) is 0 Å². The number of carbonyl (C=O) groups excluding carboxylic acids is 1. The molecule has 0 bridgehead atoms. The molecule has 1 aromatic heterocycles. The summed E-state index contributed by atoms with van der Waals surface area (Å²) in [6.45, 7) is 5.43. The molecule has 0 saturated carbocycles. The molecule has 118 valence electrons. The zero-order valence-corrected chi connectivity index (χ0v) is 13.0. The van der Waals surface area contributed by atoms with Gasteiger partial charge >= 0.3 is 0 Å². The quantitative estimate of drug-likeness (QED) is 0.758. The molecule has 0 atom stereocenters. The number of rotatable bonds is 8. The van der Waals surface area contributed by atoms with E-state index in [0.29, 0.717) is 30.4 Å². The molecule has 2 aromatic rings. The average molecular weight is 303 g/mol. The number of nitrogens with zero attached hydrogens (tertiary/aromatic N) is 4. The Morgan fingerprint density at radius 1 is 1.32 bits per heavy atom. The van der Waals surface area contributed by atoms with Gasteiger partial charge in [0.2, 0.25) is 5.95 Å². The molecule has 1 aromatic carbocycles. The minimum Gasteiger partial charge on any atom is -0.494 e. The summed E-state index contributed by atoms with van der Waals surface area (Å²) in [5, 5.41) is 14.0. The number of unbranched alkanes of at least 4 members (excludes halogenated alkanes) is 1. The van der Waals surface area contributed by atoms with Gasteiger partial charge in [0.25, 0.3) is 5.91 Å². The molecule has 22 heavy (non-hydrogen) atoms. The van der Waals surface area contributed by atoms with Gasteiger partial charge in [0.1, 0.15) is 5.75 Å². The summed E-state index contributed by atoms with van der Waals surface area (Å²) in [6.07, 6.45) is 2.94. The van der Waals surface area contributed by atoms with Gasteiger partial charge in [-0.05, 0) is 41.5 Å². The zero-order chi connectivity index (χ0) is 15.8. The molecule has 0 aliphatic carbocycles. The molecule has 1 heterocycles. The smallest absolute Gasteiger partial charge is 0.258 e. The van der Waals surface area contributed by atoms with Gasteiger partial charge in [0.05, 0.1) is 6.61 Å². The SMILES string of the molecule is CCCCOc1cccc(C(=O)Nc2nnnn2CCC)c1. The number of carbonyl (C=O) groups is 1. The van der Waals surface area contributed by atoms with E-state index in [9.17, 15) is 4.79 Å². The number of ether oxygens (including phenoxy) is 1. The van der Waals surface area contributed by atoms with Crippen molar-refractivity contribution in [2.75, 3.05) is 11.9 Å². The molecule has 0 aliphatic heterocycles. The van der Waals surface area contributed by atoms with Gasteiger partial charge in [0, 0.05) is 12.1 Å². The lowest BCUT2D eigenvalue weighted by molar-refractivity contribution is 0.102. The van der Waals surface area contributed by atoms with Crippen molar-refractivity contribution >= 4 is 11.9 Å². The lowest BCUT2D eigenvalue weighted by Crippen LogP contribution is -2.16. The van der Waals surface area contributed by atoms with Crippen molar-refractivity contribution in [1.29, 1.82) is 0 Å². The maximum atomic E-state index is 12.3. The number of nitrogens with one attached hydrogen (secondary N) is 1. The normalized spacial score (nSPS) is 10.5. The monoisotopic (exact) mass is 303 g/mol. The van der Waals surface area contributed by atoms with Crippen LogP contribution in [0.15, 0.2) is 24.3 Å². The summed E-state index contributed by atoms with van der Waals surface area (Å²) >= 11 is 0. The third kappa shape index (κ3) is 4.28. The highest BCUT2D eigenvalue weighted by Crippen LogP contribution is 2.15. The van der Waals surface area contributed by atoms with Crippen molar-refractivity contribution in [2.24, 2.45) is 0 Å². The number of hydrogen-bond acceptors (Lipinski definition) is 5. The summed E-state index contributed by atoms with van der Waals surface area (Å²) in [6, 6.07) is 7.09. The number of tetrazole rings is 1. The first-order valence-electron chi connectivity index (χ1n) is 7.55. The maximum absolute atomic E-state index is 12.3. The number of aryl methyl sites for hydroxylation is 1.